The smallest absolute Gasteiger partial charge is 0.277 e. The van der Waals surface area contributed by atoms with Crippen molar-refractivity contribution < 1.29 is 17.6 Å². The Balaban J connectivity index is 1.59. The Bertz CT molecular complexity index is 955. The molecule has 1 aromatic carbocycles. The fraction of sp³-hybridized carbons (Fsp3) is 0.550. The largest absolute Gasteiger partial charge is 0.411 e. The van der Waals surface area contributed by atoms with Crippen molar-refractivity contribution in [3.63, 3.8) is 0 Å². The van der Waals surface area contributed by atoms with Gasteiger partial charge in [0.15, 0.2) is 9.84 Å². The molecule has 1 aliphatic heterocycles. The number of benzene rings is 1. The maximum Gasteiger partial charge on any atom is 0.277 e. The molecule has 1 saturated heterocycles. The predicted octanol–water partition coefficient (Wildman–Crippen LogP) is 2.71. The summed E-state index contributed by atoms with van der Waals surface area (Å²) in [6.07, 6.45) is 0.501. The van der Waals surface area contributed by atoms with Gasteiger partial charge >= 0.3 is 0 Å². The highest BCUT2D eigenvalue weighted by molar-refractivity contribution is 7.99. The molecule has 1 atom stereocenters. The Labute approximate surface area is 181 Å². The molecule has 2 heterocycles. The van der Waals surface area contributed by atoms with Gasteiger partial charge in [-0.2, -0.15) is 0 Å². The number of carbonyl (C=O) groups is 1. The number of carbonyl (C=O) groups excluding carboxylic acids is 1. The zero-order chi connectivity index (χ0) is 21.7. The number of thioether (sulfide) groups is 1. The van der Waals surface area contributed by atoms with Gasteiger partial charge in [0.25, 0.3) is 5.22 Å². The van der Waals surface area contributed by atoms with Gasteiger partial charge in [0.05, 0.1) is 17.3 Å². The van der Waals surface area contributed by atoms with E-state index in [1.807, 2.05) is 31.2 Å². The van der Waals surface area contributed by atoms with Crippen molar-refractivity contribution in [3.8, 4) is 11.5 Å². The van der Waals surface area contributed by atoms with Crippen LogP contribution in [-0.2, 0) is 14.6 Å². The van der Waals surface area contributed by atoms with Gasteiger partial charge in [-0.3, -0.25) is 4.79 Å². The first-order chi connectivity index (χ1) is 14.4. The molecule has 1 amide bonds. The number of amides is 1. The second-order valence-electron chi connectivity index (χ2n) is 7.12. The molecule has 1 unspecified atom stereocenters. The van der Waals surface area contributed by atoms with Crippen molar-refractivity contribution >= 4 is 33.2 Å². The SMILES string of the molecule is CCN(CC)c1ccc(-c2nnc(SCC(=O)N(CC)C3CCS(=O)(=O)C3)o2)cc1. The van der Waals surface area contributed by atoms with Crippen LogP contribution in [0.3, 0.4) is 0 Å². The topological polar surface area (TPSA) is 96.6 Å². The van der Waals surface area contributed by atoms with E-state index in [1.165, 1.54) is 11.8 Å². The molecule has 0 saturated carbocycles. The molecular weight excluding hydrogens is 424 g/mol. The maximum absolute atomic E-state index is 12.6. The number of sulfone groups is 1. The van der Waals surface area contributed by atoms with Crippen molar-refractivity contribution in [2.75, 3.05) is 41.8 Å². The molecule has 2 aromatic rings. The van der Waals surface area contributed by atoms with Crippen molar-refractivity contribution in [3.05, 3.63) is 24.3 Å². The summed E-state index contributed by atoms with van der Waals surface area (Å²) < 4.78 is 29.1. The number of aromatic nitrogens is 2. The summed E-state index contributed by atoms with van der Waals surface area (Å²) in [5.74, 6) is 0.616. The molecule has 10 heteroatoms. The lowest BCUT2D eigenvalue weighted by Crippen LogP contribution is -2.41. The zero-order valence-electron chi connectivity index (χ0n) is 17.6. The molecule has 8 nitrogen and oxygen atoms in total. The number of rotatable bonds is 9. The Morgan fingerprint density at radius 3 is 2.40 bits per heavy atom. The molecule has 164 valence electrons. The lowest BCUT2D eigenvalue weighted by Gasteiger charge is -2.26. The van der Waals surface area contributed by atoms with E-state index in [0.29, 0.717) is 24.1 Å². The van der Waals surface area contributed by atoms with E-state index < -0.39 is 9.84 Å². The first kappa shape index (κ1) is 22.6. The van der Waals surface area contributed by atoms with E-state index in [-0.39, 0.29) is 29.2 Å². The Hall–Kier alpha value is -2.07. The van der Waals surface area contributed by atoms with Crippen LogP contribution in [0.2, 0.25) is 0 Å². The highest BCUT2D eigenvalue weighted by Crippen LogP contribution is 2.26. The van der Waals surface area contributed by atoms with Crippen LogP contribution in [0, 0.1) is 0 Å². The zero-order valence-corrected chi connectivity index (χ0v) is 19.2. The summed E-state index contributed by atoms with van der Waals surface area (Å²) in [5, 5.41) is 8.44. The summed E-state index contributed by atoms with van der Waals surface area (Å²) >= 11 is 1.17. The van der Waals surface area contributed by atoms with Gasteiger partial charge in [-0.05, 0) is 51.5 Å². The van der Waals surface area contributed by atoms with Crippen LogP contribution < -0.4 is 4.90 Å². The molecule has 0 N–H and O–H groups in total. The summed E-state index contributed by atoms with van der Waals surface area (Å²) in [5.41, 5.74) is 1.96. The van der Waals surface area contributed by atoms with Gasteiger partial charge in [0.1, 0.15) is 0 Å². The average molecular weight is 453 g/mol. The molecule has 1 aromatic heterocycles. The third-order valence-electron chi connectivity index (χ3n) is 5.28. The second-order valence-corrected chi connectivity index (χ2v) is 10.3. The van der Waals surface area contributed by atoms with E-state index in [9.17, 15) is 13.2 Å². The molecule has 0 aliphatic carbocycles. The quantitative estimate of drug-likeness (QED) is 0.536. The highest BCUT2D eigenvalue weighted by atomic mass is 32.2. The summed E-state index contributed by atoms with van der Waals surface area (Å²) in [6.45, 7) is 8.45. The highest BCUT2D eigenvalue weighted by Gasteiger charge is 2.33. The predicted molar refractivity (Wildman–Crippen MR) is 118 cm³/mol. The van der Waals surface area contributed by atoms with Crippen molar-refractivity contribution in [2.45, 2.75) is 38.5 Å². The molecule has 1 fully saturated rings. The Kier molecular flexibility index (Phi) is 7.41. The van der Waals surface area contributed by atoms with E-state index in [1.54, 1.807) is 4.90 Å². The lowest BCUT2D eigenvalue weighted by molar-refractivity contribution is -0.129. The Morgan fingerprint density at radius 2 is 1.83 bits per heavy atom. The van der Waals surface area contributed by atoms with Crippen LogP contribution in [-0.4, -0.2) is 72.4 Å². The molecule has 0 radical (unpaired) electrons. The number of hydrogen-bond acceptors (Lipinski definition) is 8. The van der Waals surface area contributed by atoms with Gasteiger partial charge in [0.2, 0.25) is 11.8 Å². The average Bonchev–Trinajstić information content (AvgIpc) is 3.35. The van der Waals surface area contributed by atoms with Crippen LogP contribution in [0.5, 0.6) is 0 Å². The summed E-state index contributed by atoms with van der Waals surface area (Å²) in [7, 11) is -3.04. The van der Waals surface area contributed by atoms with E-state index in [4.69, 9.17) is 4.42 Å². The van der Waals surface area contributed by atoms with Gasteiger partial charge < -0.3 is 14.2 Å². The van der Waals surface area contributed by atoms with Crippen LogP contribution >= 0.6 is 11.8 Å². The van der Waals surface area contributed by atoms with Crippen molar-refractivity contribution in [2.24, 2.45) is 0 Å². The van der Waals surface area contributed by atoms with Gasteiger partial charge in [-0.25, -0.2) is 8.42 Å². The van der Waals surface area contributed by atoms with Gasteiger partial charge in [-0.15, -0.1) is 10.2 Å². The minimum Gasteiger partial charge on any atom is -0.411 e. The molecule has 30 heavy (non-hydrogen) atoms. The normalized spacial score (nSPS) is 17.8. The molecule has 0 spiro atoms. The van der Waals surface area contributed by atoms with Crippen LogP contribution in [0.1, 0.15) is 27.2 Å². The van der Waals surface area contributed by atoms with Crippen molar-refractivity contribution in [1.82, 2.24) is 15.1 Å². The van der Waals surface area contributed by atoms with E-state index in [2.05, 4.69) is 28.9 Å². The summed E-state index contributed by atoms with van der Waals surface area (Å²) in [4.78, 5) is 16.5. The summed E-state index contributed by atoms with van der Waals surface area (Å²) in [6, 6.07) is 7.70. The molecule has 3 rings (SSSR count). The van der Waals surface area contributed by atoms with Crippen LogP contribution in [0.25, 0.3) is 11.5 Å². The van der Waals surface area contributed by atoms with E-state index >= 15 is 0 Å². The van der Waals surface area contributed by atoms with E-state index in [0.717, 1.165) is 24.3 Å². The minimum absolute atomic E-state index is 0.0471. The van der Waals surface area contributed by atoms with Gasteiger partial charge in [-0.1, -0.05) is 11.8 Å². The molecular formula is C20H28N4O4S2. The second kappa shape index (κ2) is 9.82. The maximum atomic E-state index is 12.6. The third kappa shape index (κ3) is 5.34. The lowest BCUT2D eigenvalue weighted by atomic mass is 10.2. The standard InChI is InChI=1S/C20H28N4O4S2/c1-4-23(5-2)16-9-7-15(8-10-16)19-21-22-20(28-19)29-13-18(25)24(6-3)17-11-12-30(26,27)14-17/h7-10,17H,4-6,11-14H2,1-3H3. The fourth-order valence-corrected chi connectivity index (χ4v) is 6.03. The number of anilines is 1. The Morgan fingerprint density at radius 1 is 1.13 bits per heavy atom. The molecule has 0 bridgehead atoms. The van der Waals surface area contributed by atoms with Crippen LogP contribution in [0.4, 0.5) is 5.69 Å². The number of nitrogens with zero attached hydrogens (tertiary/aromatic N) is 4. The van der Waals surface area contributed by atoms with Gasteiger partial charge in [0, 0.05) is 36.9 Å². The first-order valence-corrected chi connectivity index (χ1v) is 13.0. The number of hydrogen-bond donors (Lipinski definition) is 0. The fourth-order valence-electron chi connectivity index (χ4n) is 3.65. The minimum atomic E-state index is -3.04. The monoisotopic (exact) mass is 452 g/mol. The van der Waals surface area contributed by atoms with Crippen molar-refractivity contribution in [1.29, 1.82) is 0 Å². The first-order valence-electron chi connectivity index (χ1n) is 10.2. The third-order valence-corrected chi connectivity index (χ3v) is 7.83. The molecule has 1 aliphatic rings. The van der Waals surface area contributed by atoms with Crippen LogP contribution in [0.15, 0.2) is 33.9 Å².